The van der Waals surface area contributed by atoms with Crippen LogP contribution in [-0.2, 0) is 33.7 Å². The van der Waals surface area contributed by atoms with Crippen molar-refractivity contribution in [1.29, 1.82) is 0 Å². The first kappa shape index (κ1) is 13.1. The van der Waals surface area contributed by atoms with Crippen LogP contribution in [0.4, 0.5) is 0 Å². The van der Waals surface area contributed by atoms with Crippen molar-refractivity contribution in [3.63, 3.8) is 0 Å². The zero-order valence-electron chi connectivity index (χ0n) is 6.91. The van der Waals surface area contributed by atoms with Crippen molar-refractivity contribution in [2.24, 2.45) is 0 Å². The molecule has 0 unspecified atom stereocenters. The van der Waals surface area contributed by atoms with Crippen LogP contribution in [0.5, 0.6) is 0 Å². The first-order chi connectivity index (χ1) is 5.61. The number of rotatable bonds is 3. The van der Waals surface area contributed by atoms with E-state index in [0.29, 0.717) is 6.54 Å². The molecule has 0 spiro atoms. The Morgan fingerprint density at radius 3 is 2.77 bits per heavy atom. The smallest absolute Gasteiger partial charge is 0.481 e. The summed E-state index contributed by atoms with van der Waals surface area (Å²) in [6.45, 7) is 2.40. The van der Waals surface area contributed by atoms with Gasteiger partial charge in [0, 0.05) is 17.6 Å². The first-order valence-corrected chi connectivity index (χ1v) is 4.77. The van der Waals surface area contributed by atoms with Gasteiger partial charge in [-0.05, 0) is 19.1 Å². The number of carboxylic acid groups (broad SMARTS) is 1. The predicted molar refractivity (Wildman–Crippen MR) is 50.1 cm³/mol. The zero-order valence-corrected chi connectivity index (χ0v) is 10.0. The summed E-state index contributed by atoms with van der Waals surface area (Å²) in [5, 5.41) is 10.4. The van der Waals surface area contributed by atoms with Crippen molar-refractivity contribution < 1.29 is 32.3 Å². The second-order valence-electron chi connectivity index (χ2n) is 2.44. The van der Waals surface area contributed by atoms with Crippen molar-refractivity contribution in [2.45, 2.75) is 19.9 Å². The molecule has 1 aromatic rings. The average Bonchev–Trinajstić information content (AvgIpc) is 2.28. The van der Waals surface area contributed by atoms with Gasteiger partial charge in [-0.3, -0.25) is 4.79 Å². The molecule has 3 nitrogen and oxygen atoms in total. The van der Waals surface area contributed by atoms with Gasteiger partial charge in [0.1, 0.15) is 0 Å². The number of aryl methyl sites for hydroxylation is 1. The molecule has 6 heteroatoms. The van der Waals surface area contributed by atoms with Gasteiger partial charge in [-0.15, -0.1) is 11.3 Å². The van der Waals surface area contributed by atoms with E-state index in [2.05, 4.69) is 0 Å². The minimum Gasteiger partial charge on any atom is -0.481 e. The number of aromatic nitrogens is 1. The third kappa shape index (κ3) is 3.74. The topological polar surface area (TPSA) is 42.2 Å². The molecule has 1 aromatic heterocycles. The van der Waals surface area contributed by atoms with Crippen molar-refractivity contribution in [3.8, 4) is 0 Å². The quantitative estimate of drug-likeness (QED) is 0.686. The Morgan fingerprint density at radius 1 is 1.77 bits per heavy atom. The largest absolute Gasteiger partial charge is 1.00 e. The Balaban J connectivity index is 0.00000144. The molecule has 0 aliphatic rings. The van der Waals surface area contributed by atoms with Gasteiger partial charge in [0.05, 0.1) is 6.42 Å². The van der Waals surface area contributed by atoms with Gasteiger partial charge < -0.3 is 9.67 Å². The van der Waals surface area contributed by atoms with E-state index in [-0.39, 0.29) is 28.8 Å². The van der Waals surface area contributed by atoms with Gasteiger partial charge in [-0.1, -0.05) is 0 Å². The third-order valence-electron chi connectivity index (χ3n) is 1.53. The minimum atomic E-state index is -0.789. The fourth-order valence-electron chi connectivity index (χ4n) is 0.882. The van der Waals surface area contributed by atoms with Crippen LogP contribution in [0.15, 0.2) is 5.38 Å². The van der Waals surface area contributed by atoms with Crippen LogP contribution in [0.3, 0.4) is 0 Å². The molecule has 13 heavy (non-hydrogen) atoms. The molecule has 0 aliphatic heterocycles. The molecular weight excluding hydrogens is 302 g/mol. The molecule has 0 bridgehead atoms. The number of thiazole rings is 1. The van der Waals surface area contributed by atoms with Gasteiger partial charge in [0.2, 0.25) is 0 Å². The molecule has 0 atom stereocenters. The minimum absolute atomic E-state index is 0. The number of hydrogen-bond acceptors (Lipinski definition) is 3. The Hall–Kier alpha value is 0.0603. The number of nitrogens with zero attached hydrogens (tertiary/aromatic N) is 1. The van der Waals surface area contributed by atoms with E-state index < -0.39 is 5.97 Å². The van der Waals surface area contributed by atoms with Crippen LogP contribution in [-0.4, -0.2) is 15.6 Å². The van der Waals surface area contributed by atoms with Gasteiger partial charge in [-0.25, -0.2) is 0 Å². The Kier molecular flexibility index (Phi) is 5.75. The summed E-state index contributed by atoms with van der Waals surface area (Å²) in [5.74, 6) is -0.789. The Bertz CT molecular complexity index is 345. The number of carbonyl (C=O) groups is 1. The van der Waals surface area contributed by atoms with Crippen LogP contribution in [0, 0.1) is 10.9 Å². The second kappa shape index (κ2) is 5.72. The van der Waals surface area contributed by atoms with Gasteiger partial charge in [-0.2, -0.15) is 0 Å². The Labute approximate surface area is 101 Å². The molecule has 0 aromatic carbocycles. The monoisotopic (exact) mass is 310 g/mol. The molecule has 1 N–H and O–H groups in total. The zero-order chi connectivity index (χ0) is 9.14. The van der Waals surface area contributed by atoms with E-state index in [1.807, 2.05) is 16.9 Å². The van der Waals surface area contributed by atoms with Crippen molar-refractivity contribution >= 4 is 29.5 Å². The van der Waals surface area contributed by atoms with E-state index >= 15 is 0 Å². The SMILES string of the molecule is Cc1csc(=S)n1CCC(=O)O.[Ag+]. The second-order valence-corrected chi connectivity index (χ2v) is 3.94. The summed E-state index contributed by atoms with van der Waals surface area (Å²) in [6, 6.07) is 0. The van der Waals surface area contributed by atoms with E-state index in [4.69, 9.17) is 17.3 Å². The standard InChI is InChI=1S/C7H9NO2S2.Ag/c1-5-4-12-7(11)8(5)3-2-6(9)10;/h4H,2-3H2,1H3,(H,9,10);/q;+1. The molecule has 1 heterocycles. The molecule has 76 valence electrons. The van der Waals surface area contributed by atoms with Crippen LogP contribution < -0.4 is 0 Å². The normalized spacial score (nSPS) is 9.31. The maximum Gasteiger partial charge on any atom is 1.00 e. The summed E-state index contributed by atoms with van der Waals surface area (Å²) < 4.78 is 2.59. The van der Waals surface area contributed by atoms with Gasteiger partial charge in [0.25, 0.3) is 0 Å². The van der Waals surface area contributed by atoms with Gasteiger partial charge in [0.15, 0.2) is 3.95 Å². The van der Waals surface area contributed by atoms with Crippen LogP contribution in [0.2, 0.25) is 0 Å². The molecule has 0 fully saturated rings. The fraction of sp³-hybridized carbons (Fsp3) is 0.429. The van der Waals surface area contributed by atoms with E-state index in [0.717, 1.165) is 9.65 Å². The summed E-state index contributed by atoms with van der Waals surface area (Å²) in [4.78, 5) is 10.3. The molecule has 0 saturated heterocycles. The molecular formula is C7H9AgNO2S2+. The van der Waals surface area contributed by atoms with Crippen molar-refractivity contribution in [1.82, 2.24) is 4.57 Å². The summed E-state index contributed by atoms with van der Waals surface area (Å²) in [6.07, 6.45) is 0.131. The van der Waals surface area contributed by atoms with Crippen molar-refractivity contribution in [3.05, 3.63) is 15.0 Å². The van der Waals surface area contributed by atoms with E-state index in [1.54, 1.807) is 0 Å². The summed E-state index contributed by atoms with van der Waals surface area (Å²) >= 11 is 6.48. The van der Waals surface area contributed by atoms with Crippen LogP contribution in [0.25, 0.3) is 0 Å². The summed E-state index contributed by atoms with van der Waals surface area (Å²) in [5.41, 5.74) is 1.03. The maximum absolute atomic E-state index is 10.3. The maximum atomic E-state index is 10.3. The predicted octanol–water partition coefficient (Wildman–Crippen LogP) is 2.06. The van der Waals surface area contributed by atoms with Crippen molar-refractivity contribution in [2.75, 3.05) is 0 Å². The summed E-state index contributed by atoms with van der Waals surface area (Å²) in [7, 11) is 0. The van der Waals surface area contributed by atoms with Gasteiger partial charge >= 0.3 is 28.3 Å². The first-order valence-electron chi connectivity index (χ1n) is 3.48. The number of carboxylic acids is 1. The molecule has 0 saturated carbocycles. The average molecular weight is 311 g/mol. The molecule has 1 rings (SSSR count). The fourth-order valence-corrected chi connectivity index (χ4v) is 2.02. The molecule has 0 amide bonds. The van der Waals surface area contributed by atoms with Crippen LogP contribution in [0.1, 0.15) is 12.1 Å². The molecule has 0 radical (unpaired) electrons. The van der Waals surface area contributed by atoms with Crippen LogP contribution >= 0.6 is 23.6 Å². The third-order valence-corrected chi connectivity index (χ3v) is 2.92. The van der Waals surface area contributed by atoms with E-state index in [9.17, 15) is 4.79 Å². The van der Waals surface area contributed by atoms with E-state index in [1.165, 1.54) is 11.3 Å². The Morgan fingerprint density at radius 2 is 2.38 bits per heavy atom. The number of hydrogen-bond donors (Lipinski definition) is 1. The molecule has 0 aliphatic carbocycles. The number of aliphatic carboxylic acids is 1.